The standard InChI is InChI=1S/C25H19Cl2F4N3O4.C25H20Cl2F4N2O3/c1-12-6-14(4-5-16(12)23(36)34(11-35)21-9-19(32-37-21)13-2-3-13)20-10-24(38-33-20,25(29,30)31)15-7-17(26)22(28)18(27)8-15;1-12-6-14(4-5-17(12)22(34)10-16-9-20(32-35-16)13-2-3-13)21-11-24(36-33-21,25(29,30)31)15-7-18(26)23(28)19(27)8-15/h4-8,11,13,21H,2-3,9-10H2,1H3;4-8,13,16H,2-3,9-11H2,1H3/t21?,24-;16?,24-/m00/s1. The molecule has 390 valence electrons. The minimum atomic E-state index is -4.96. The molecule has 0 saturated heterocycles. The van der Waals surface area contributed by atoms with Gasteiger partial charge in [-0.3, -0.25) is 14.4 Å². The van der Waals surface area contributed by atoms with E-state index in [1.807, 2.05) is 0 Å². The fourth-order valence-corrected chi connectivity index (χ4v) is 10.0. The van der Waals surface area contributed by atoms with E-state index < -0.39 is 91.4 Å². The highest BCUT2D eigenvalue weighted by molar-refractivity contribution is 6.35. The molecule has 0 aromatic heterocycles. The van der Waals surface area contributed by atoms with Crippen LogP contribution in [0.2, 0.25) is 20.1 Å². The number of hydrogen-bond donors (Lipinski definition) is 0. The number of aryl methyl sites for hydroxylation is 2. The minimum Gasteiger partial charge on any atom is -0.392 e. The molecule has 0 spiro atoms. The van der Waals surface area contributed by atoms with Crippen molar-refractivity contribution in [3.63, 3.8) is 0 Å². The van der Waals surface area contributed by atoms with Crippen molar-refractivity contribution in [1.29, 1.82) is 0 Å². The molecular formula is C50H39Cl4F8N5O7. The van der Waals surface area contributed by atoms with Crippen molar-refractivity contribution in [2.75, 3.05) is 0 Å². The topological polar surface area (TPSA) is 141 Å². The summed E-state index contributed by atoms with van der Waals surface area (Å²) in [6, 6.07) is 12.2. The Kier molecular flexibility index (Phi) is 14.3. The van der Waals surface area contributed by atoms with Crippen molar-refractivity contribution < 1.29 is 68.9 Å². The lowest BCUT2D eigenvalue weighted by Gasteiger charge is -2.29. The average Bonchev–Trinajstić information content (AvgIpc) is 4.12. The van der Waals surface area contributed by atoms with E-state index in [0.29, 0.717) is 53.3 Å². The third-order valence-corrected chi connectivity index (χ3v) is 14.6. The lowest BCUT2D eigenvalue weighted by molar-refractivity contribution is -0.276. The zero-order valence-corrected chi connectivity index (χ0v) is 41.7. The molecule has 2 fully saturated rings. The van der Waals surface area contributed by atoms with Gasteiger partial charge in [0.15, 0.2) is 17.4 Å². The second kappa shape index (κ2) is 20.0. The highest BCUT2D eigenvalue weighted by atomic mass is 35.5. The van der Waals surface area contributed by atoms with Gasteiger partial charge < -0.3 is 19.4 Å². The summed E-state index contributed by atoms with van der Waals surface area (Å²) in [5, 5.41) is 13.2. The first-order valence-corrected chi connectivity index (χ1v) is 24.4. The summed E-state index contributed by atoms with van der Waals surface area (Å²) in [7, 11) is 0. The van der Waals surface area contributed by atoms with Crippen molar-refractivity contribution in [2.24, 2.45) is 32.5 Å². The number of alkyl halides is 6. The van der Waals surface area contributed by atoms with Crippen LogP contribution in [0, 0.1) is 37.3 Å². The van der Waals surface area contributed by atoms with E-state index >= 15 is 0 Å². The Morgan fingerprint density at radius 3 is 1.50 bits per heavy atom. The number of carbonyl (C=O) groups is 3. The van der Waals surface area contributed by atoms with Crippen LogP contribution in [0.25, 0.3) is 0 Å². The molecule has 10 rings (SSSR count). The van der Waals surface area contributed by atoms with E-state index in [-0.39, 0.29) is 40.9 Å². The molecule has 4 aliphatic heterocycles. The van der Waals surface area contributed by atoms with Crippen LogP contribution in [0.1, 0.15) is 112 Å². The van der Waals surface area contributed by atoms with Gasteiger partial charge in [0.1, 0.15) is 6.10 Å². The Morgan fingerprint density at radius 2 is 1.08 bits per heavy atom. The van der Waals surface area contributed by atoms with Gasteiger partial charge in [-0.25, -0.2) is 13.7 Å². The molecular weight excluding hydrogens is 1080 g/mol. The normalized spacial score (nSPS) is 23.3. The number of carbonyl (C=O) groups excluding carboxylic acids is 3. The third-order valence-electron chi connectivity index (χ3n) is 13.5. The molecule has 0 bridgehead atoms. The Bertz CT molecular complexity index is 3060. The van der Waals surface area contributed by atoms with Crippen molar-refractivity contribution in [2.45, 2.75) is 108 Å². The summed E-state index contributed by atoms with van der Waals surface area (Å²) < 4.78 is 113. The first kappa shape index (κ1) is 53.0. The summed E-state index contributed by atoms with van der Waals surface area (Å²) in [4.78, 5) is 59.3. The van der Waals surface area contributed by atoms with Crippen LogP contribution in [0.3, 0.4) is 0 Å². The monoisotopic (exact) mass is 1110 g/mol. The van der Waals surface area contributed by atoms with Crippen molar-refractivity contribution in [1.82, 2.24) is 4.90 Å². The Labute approximate surface area is 436 Å². The van der Waals surface area contributed by atoms with E-state index in [1.54, 1.807) is 26.0 Å². The summed E-state index contributed by atoms with van der Waals surface area (Å²) in [5.74, 6) is -2.04. The molecule has 2 unspecified atom stereocenters. The second-order valence-electron chi connectivity index (χ2n) is 18.7. The summed E-state index contributed by atoms with van der Waals surface area (Å²) in [6.07, 6.45) is -6.76. The van der Waals surface area contributed by atoms with Crippen LogP contribution in [-0.4, -0.2) is 70.5 Å². The molecule has 2 saturated carbocycles. The molecule has 0 N–H and O–H groups in total. The van der Waals surface area contributed by atoms with E-state index in [0.717, 1.165) is 66.3 Å². The van der Waals surface area contributed by atoms with Gasteiger partial charge in [0.05, 0.1) is 49.4 Å². The zero-order valence-electron chi connectivity index (χ0n) is 38.7. The number of hydrogen-bond acceptors (Lipinski definition) is 11. The van der Waals surface area contributed by atoms with Gasteiger partial charge >= 0.3 is 12.4 Å². The van der Waals surface area contributed by atoms with Crippen LogP contribution in [0.5, 0.6) is 0 Å². The molecule has 24 heteroatoms. The van der Waals surface area contributed by atoms with Crippen molar-refractivity contribution in [3.8, 4) is 0 Å². The Morgan fingerprint density at radius 1 is 0.649 bits per heavy atom. The maximum Gasteiger partial charge on any atom is 0.435 e. The van der Waals surface area contributed by atoms with Gasteiger partial charge in [0.25, 0.3) is 17.1 Å². The molecule has 12 nitrogen and oxygen atoms in total. The van der Waals surface area contributed by atoms with Crippen LogP contribution >= 0.6 is 46.4 Å². The predicted molar refractivity (Wildman–Crippen MR) is 256 cm³/mol. The van der Waals surface area contributed by atoms with Gasteiger partial charge in [-0.2, -0.15) is 26.3 Å². The Balaban J connectivity index is 0.000000182. The van der Waals surface area contributed by atoms with Gasteiger partial charge in [0.2, 0.25) is 12.6 Å². The lowest BCUT2D eigenvalue weighted by atomic mass is 9.86. The second-order valence-corrected chi connectivity index (χ2v) is 20.3. The van der Waals surface area contributed by atoms with Crippen LogP contribution in [-0.2, 0) is 35.3 Å². The van der Waals surface area contributed by atoms with Gasteiger partial charge in [-0.15, -0.1) is 0 Å². The molecule has 4 aromatic rings. The quantitative estimate of drug-likeness (QED) is 0.0595. The lowest BCUT2D eigenvalue weighted by Crippen LogP contribution is -2.42. The maximum atomic E-state index is 14.3. The fraction of sp³-hybridized carbons (Fsp3) is 0.380. The maximum absolute atomic E-state index is 14.3. The van der Waals surface area contributed by atoms with Crippen molar-refractivity contribution >= 4 is 87.4 Å². The summed E-state index contributed by atoms with van der Waals surface area (Å²) in [6.45, 7) is 3.28. The van der Waals surface area contributed by atoms with Crippen LogP contribution in [0.15, 0.2) is 81.3 Å². The summed E-state index contributed by atoms with van der Waals surface area (Å²) >= 11 is 23.0. The van der Waals surface area contributed by atoms with Gasteiger partial charge in [-0.05, 0) is 104 Å². The highest BCUT2D eigenvalue weighted by Gasteiger charge is 2.64. The smallest absolute Gasteiger partial charge is 0.392 e. The molecule has 2 aliphatic carbocycles. The number of benzene rings is 4. The van der Waals surface area contributed by atoms with E-state index in [1.165, 1.54) is 24.3 Å². The molecule has 4 heterocycles. The zero-order chi connectivity index (χ0) is 53.2. The number of oxime groups is 4. The number of rotatable bonds is 12. The number of amides is 2. The molecule has 6 aliphatic rings. The number of ketones is 1. The molecule has 0 radical (unpaired) electrons. The highest BCUT2D eigenvalue weighted by Crippen LogP contribution is 2.52. The first-order chi connectivity index (χ1) is 34.9. The number of Topliss-reactive ketones (excluding diaryl/α,β-unsaturated/α-hetero) is 1. The molecule has 4 atom stereocenters. The van der Waals surface area contributed by atoms with Gasteiger partial charge in [-0.1, -0.05) is 85.2 Å². The van der Waals surface area contributed by atoms with Crippen LogP contribution in [0.4, 0.5) is 35.1 Å². The Hall–Kier alpha value is -5.83. The number of halogens is 12. The van der Waals surface area contributed by atoms with E-state index in [9.17, 15) is 49.5 Å². The SMILES string of the molecule is Cc1cc(C2=NO[C@@](c3cc(Cl)c(F)c(Cl)c3)(C(F)(F)F)C2)ccc1C(=O)CC1CC(C2CC2)=NO1.Cc1cc(C2=NO[C@@](c3cc(Cl)c(F)c(Cl)c3)(C(F)(F)F)C2)ccc1C(=O)N(C=O)C1CC(C2CC2)=NO1. The summed E-state index contributed by atoms with van der Waals surface area (Å²) in [5.41, 5.74) is -2.80. The largest absolute Gasteiger partial charge is 0.435 e. The average molecular weight is 1120 g/mol. The first-order valence-electron chi connectivity index (χ1n) is 22.9. The van der Waals surface area contributed by atoms with E-state index in [4.69, 9.17) is 65.8 Å². The fourth-order valence-electron chi connectivity index (χ4n) is 9.04. The minimum absolute atomic E-state index is 0.0209. The number of nitrogens with zero attached hydrogens (tertiary/aromatic N) is 5. The molecule has 2 amide bonds. The van der Waals surface area contributed by atoms with E-state index in [2.05, 4.69) is 20.6 Å². The number of imide groups is 1. The predicted octanol–water partition coefficient (Wildman–Crippen LogP) is 13.3. The van der Waals surface area contributed by atoms with Crippen molar-refractivity contribution in [3.05, 3.63) is 137 Å². The third kappa shape index (κ3) is 10.2. The van der Waals surface area contributed by atoms with Crippen LogP contribution < -0.4 is 0 Å². The molecule has 4 aromatic carbocycles. The van der Waals surface area contributed by atoms with Gasteiger partial charge in [0, 0.05) is 59.8 Å². The molecule has 74 heavy (non-hydrogen) atoms.